The van der Waals surface area contributed by atoms with Gasteiger partial charge in [-0.2, -0.15) is 0 Å². The van der Waals surface area contributed by atoms with Gasteiger partial charge in [-0.15, -0.1) is 0 Å². The molecule has 0 amide bonds. The van der Waals surface area contributed by atoms with E-state index in [2.05, 4.69) is 51.2 Å². The number of H-pyrrole nitrogens is 1. The van der Waals surface area contributed by atoms with Crippen molar-refractivity contribution in [1.29, 1.82) is 0 Å². The molecule has 35 heavy (non-hydrogen) atoms. The summed E-state index contributed by atoms with van der Waals surface area (Å²) in [4.78, 5) is 15.2. The normalized spacial score (nSPS) is 24.2. The number of imidazole rings is 1. The van der Waals surface area contributed by atoms with Gasteiger partial charge in [0.25, 0.3) is 0 Å². The second-order valence-electron chi connectivity index (χ2n) is 9.93. The number of rotatable bonds is 5. The molecule has 2 saturated heterocycles. The van der Waals surface area contributed by atoms with Gasteiger partial charge >= 0.3 is 0 Å². The predicted molar refractivity (Wildman–Crippen MR) is 135 cm³/mol. The van der Waals surface area contributed by atoms with Gasteiger partial charge in [-0.1, -0.05) is 24.3 Å². The summed E-state index contributed by atoms with van der Waals surface area (Å²) in [5.74, 6) is 1.02. The molecule has 2 aliphatic heterocycles. The van der Waals surface area contributed by atoms with E-state index in [1.165, 1.54) is 17.2 Å². The molecule has 7 nitrogen and oxygen atoms in total. The lowest BCUT2D eigenvalue weighted by molar-refractivity contribution is 0.263. The number of nitrogens with zero attached hydrogens (tertiary/aromatic N) is 3. The van der Waals surface area contributed by atoms with E-state index in [9.17, 15) is 4.39 Å². The van der Waals surface area contributed by atoms with Gasteiger partial charge in [0, 0.05) is 49.0 Å². The van der Waals surface area contributed by atoms with Crippen molar-refractivity contribution in [2.45, 2.75) is 31.1 Å². The molecule has 2 aliphatic rings. The summed E-state index contributed by atoms with van der Waals surface area (Å²) < 4.78 is 13.9. The third-order valence-corrected chi connectivity index (χ3v) is 7.14. The minimum atomic E-state index is -0.246. The first-order valence-electron chi connectivity index (χ1n) is 12.1. The average Bonchev–Trinajstić information content (AvgIpc) is 3.47. The van der Waals surface area contributed by atoms with Crippen molar-refractivity contribution in [1.82, 2.24) is 36.0 Å². The highest BCUT2D eigenvalue weighted by Crippen LogP contribution is 2.39. The number of pyridine rings is 1. The highest BCUT2D eigenvalue weighted by molar-refractivity contribution is 5.92. The third kappa shape index (κ3) is 4.34. The smallest absolute Gasteiger partial charge is 0.126 e. The summed E-state index contributed by atoms with van der Waals surface area (Å²) in [5, 5.41) is 3.70. The van der Waals surface area contributed by atoms with E-state index in [0.29, 0.717) is 12.0 Å². The summed E-state index contributed by atoms with van der Waals surface area (Å²) in [6.07, 6.45) is 4.89. The van der Waals surface area contributed by atoms with Crippen LogP contribution >= 0.6 is 0 Å². The molecule has 0 saturated carbocycles. The molecule has 4 heterocycles. The fourth-order valence-corrected chi connectivity index (χ4v) is 5.53. The van der Waals surface area contributed by atoms with Crippen molar-refractivity contribution in [3.63, 3.8) is 0 Å². The number of halogens is 1. The summed E-state index contributed by atoms with van der Waals surface area (Å²) in [5.41, 5.74) is 13.0. The van der Waals surface area contributed by atoms with Crippen LogP contribution in [0.15, 0.2) is 60.9 Å². The highest BCUT2D eigenvalue weighted by Gasteiger charge is 2.42. The lowest BCUT2D eigenvalue weighted by Crippen LogP contribution is -2.46. The molecule has 4 aromatic rings. The second kappa shape index (κ2) is 9.13. The van der Waals surface area contributed by atoms with Gasteiger partial charge in [-0.25, -0.2) is 14.8 Å². The van der Waals surface area contributed by atoms with Gasteiger partial charge in [-0.3, -0.25) is 10.4 Å². The highest BCUT2D eigenvalue weighted by atomic mass is 19.1. The monoisotopic (exact) mass is 471 g/mol. The number of fused-ring (bicyclic) bond motifs is 2. The largest absolute Gasteiger partial charge is 0.341 e. The molecular formula is C27H30FN7. The first-order chi connectivity index (χ1) is 17.0. The predicted octanol–water partition coefficient (Wildman–Crippen LogP) is 3.69. The van der Waals surface area contributed by atoms with E-state index >= 15 is 0 Å². The van der Waals surface area contributed by atoms with Crippen molar-refractivity contribution < 1.29 is 4.39 Å². The van der Waals surface area contributed by atoms with E-state index in [1.807, 2.05) is 36.7 Å². The maximum absolute atomic E-state index is 13.9. The standard InChI is InChI=1S/C27H30FN7/c1-35(2)15-16-9-18(13-29-12-16)23-11-21-24(14-30-23)33-34-26(21)27-31-22-8-4-7-20(25(22)32-27)17-5-3-6-19(28)10-17/h3-10,12-13,21,23-24,26,30,33-34H,11,14-15H2,1-2H3,(H,31,32). The van der Waals surface area contributed by atoms with Crippen molar-refractivity contribution in [2.75, 3.05) is 20.6 Å². The van der Waals surface area contributed by atoms with Crippen molar-refractivity contribution in [3.8, 4) is 11.1 Å². The van der Waals surface area contributed by atoms with Crippen LogP contribution in [0.4, 0.5) is 4.39 Å². The quantitative estimate of drug-likeness (QED) is 0.356. The van der Waals surface area contributed by atoms with Gasteiger partial charge in [-0.05, 0) is 61.5 Å². The molecule has 4 unspecified atom stereocenters. The Balaban J connectivity index is 1.28. The Kier molecular flexibility index (Phi) is 5.82. The molecular weight excluding hydrogens is 441 g/mol. The van der Waals surface area contributed by atoms with Crippen LogP contribution in [0.5, 0.6) is 0 Å². The van der Waals surface area contributed by atoms with Gasteiger partial charge < -0.3 is 15.2 Å². The maximum Gasteiger partial charge on any atom is 0.126 e. The minimum absolute atomic E-state index is 0.0512. The number of hydrogen-bond donors (Lipinski definition) is 4. The fourth-order valence-electron chi connectivity index (χ4n) is 5.53. The molecule has 4 atom stereocenters. The number of para-hydroxylation sites is 1. The number of hydrazine groups is 1. The van der Waals surface area contributed by atoms with Crippen LogP contribution < -0.4 is 16.2 Å². The Morgan fingerprint density at radius 1 is 1.06 bits per heavy atom. The van der Waals surface area contributed by atoms with Crippen LogP contribution in [0.1, 0.15) is 35.5 Å². The van der Waals surface area contributed by atoms with E-state index in [1.54, 1.807) is 12.1 Å². The average molecular weight is 472 g/mol. The van der Waals surface area contributed by atoms with Gasteiger partial charge in [0.15, 0.2) is 0 Å². The molecule has 0 radical (unpaired) electrons. The molecule has 8 heteroatoms. The fraction of sp³-hybridized carbons (Fsp3) is 0.333. The number of hydrogen-bond acceptors (Lipinski definition) is 6. The van der Waals surface area contributed by atoms with Gasteiger partial charge in [0.05, 0.1) is 17.1 Å². The Morgan fingerprint density at radius 3 is 2.80 bits per heavy atom. The molecule has 180 valence electrons. The van der Waals surface area contributed by atoms with Crippen LogP contribution in [-0.4, -0.2) is 46.5 Å². The Morgan fingerprint density at radius 2 is 1.94 bits per heavy atom. The Hall–Kier alpha value is -3.17. The summed E-state index contributed by atoms with van der Waals surface area (Å²) in [6.45, 7) is 1.74. The molecule has 0 aliphatic carbocycles. The lowest BCUT2D eigenvalue weighted by atomic mass is 9.82. The zero-order valence-electron chi connectivity index (χ0n) is 19.9. The van der Waals surface area contributed by atoms with Crippen molar-refractivity contribution in [2.24, 2.45) is 5.92 Å². The van der Waals surface area contributed by atoms with Crippen molar-refractivity contribution >= 4 is 11.0 Å². The summed E-state index contributed by atoms with van der Waals surface area (Å²) >= 11 is 0. The maximum atomic E-state index is 13.9. The number of nitrogens with one attached hydrogen (secondary N) is 4. The van der Waals surface area contributed by atoms with E-state index in [-0.39, 0.29) is 17.9 Å². The van der Waals surface area contributed by atoms with E-state index in [4.69, 9.17) is 4.98 Å². The number of aromatic amines is 1. The van der Waals surface area contributed by atoms with Crippen LogP contribution in [0.3, 0.4) is 0 Å². The van der Waals surface area contributed by atoms with Crippen LogP contribution in [0.25, 0.3) is 22.2 Å². The molecule has 4 N–H and O–H groups in total. The SMILES string of the molecule is CN(C)Cc1cncc(C2CC3C(CN2)NNC3c2nc3c(-c4cccc(F)c4)cccc3[nH]2)c1. The van der Waals surface area contributed by atoms with Crippen LogP contribution in [-0.2, 0) is 6.54 Å². The molecule has 2 fully saturated rings. The molecule has 2 aromatic heterocycles. The minimum Gasteiger partial charge on any atom is -0.341 e. The second-order valence-corrected chi connectivity index (χ2v) is 9.93. The van der Waals surface area contributed by atoms with E-state index in [0.717, 1.165) is 47.5 Å². The van der Waals surface area contributed by atoms with Gasteiger partial charge in [0.1, 0.15) is 11.6 Å². The Bertz CT molecular complexity index is 1350. The van der Waals surface area contributed by atoms with E-state index < -0.39 is 0 Å². The molecule has 6 rings (SSSR count). The zero-order valence-corrected chi connectivity index (χ0v) is 19.9. The van der Waals surface area contributed by atoms with Crippen LogP contribution in [0.2, 0.25) is 0 Å². The number of aromatic nitrogens is 3. The van der Waals surface area contributed by atoms with Crippen molar-refractivity contribution in [3.05, 3.63) is 83.7 Å². The number of benzene rings is 2. The first kappa shape index (κ1) is 22.3. The molecule has 2 aromatic carbocycles. The Labute approximate surface area is 204 Å². The summed E-state index contributed by atoms with van der Waals surface area (Å²) in [7, 11) is 4.15. The number of piperidine rings is 1. The molecule has 0 spiro atoms. The topological polar surface area (TPSA) is 80.9 Å². The lowest BCUT2D eigenvalue weighted by Gasteiger charge is -2.34. The summed E-state index contributed by atoms with van der Waals surface area (Å²) in [6, 6.07) is 15.6. The third-order valence-electron chi connectivity index (χ3n) is 7.14. The van der Waals surface area contributed by atoms with Gasteiger partial charge in [0.2, 0.25) is 0 Å². The zero-order chi connectivity index (χ0) is 23.9. The first-order valence-corrected chi connectivity index (χ1v) is 12.1. The molecule has 0 bridgehead atoms. The van der Waals surface area contributed by atoms with Crippen LogP contribution in [0, 0.1) is 11.7 Å².